The van der Waals surface area contributed by atoms with Gasteiger partial charge in [0.15, 0.2) is 0 Å². The molecule has 1 aromatic carbocycles. The Hall–Kier alpha value is -1.82. The van der Waals surface area contributed by atoms with Crippen LogP contribution in [0.5, 0.6) is 0 Å². The second-order valence-corrected chi connectivity index (χ2v) is 5.27. The van der Waals surface area contributed by atoms with Gasteiger partial charge in [0.1, 0.15) is 0 Å². The lowest BCUT2D eigenvalue weighted by Gasteiger charge is -2.21. The van der Waals surface area contributed by atoms with Gasteiger partial charge < -0.3 is 0 Å². The van der Waals surface area contributed by atoms with Gasteiger partial charge >= 0.3 is 0 Å². The summed E-state index contributed by atoms with van der Waals surface area (Å²) in [7, 11) is 0. The molecular weight excluding hydrogens is 216 g/mol. The van der Waals surface area contributed by atoms with Gasteiger partial charge in [-0.05, 0) is 52.8 Å². The van der Waals surface area contributed by atoms with Crippen molar-refractivity contribution in [3.63, 3.8) is 0 Å². The van der Waals surface area contributed by atoms with Crippen molar-refractivity contribution in [1.29, 1.82) is 0 Å². The fourth-order valence-electron chi connectivity index (χ4n) is 3.30. The van der Waals surface area contributed by atoms with Crippen molar-refractivity contribution in [2.45, 2.75) is 25.7 Å². The van der Waals surface area contributed by atoms with E-state index in [0.717, 1.165) is 12.8 Å². The molecule has 0 aliphatic heterocycles. The van der Waals surface area contributed by atoms with Crippen LogP contribution in [0.3, 0.4) is 0 Å². The Morgan fingerprint density at radius 3 is 2.94 bits per heavy atom. The Kier molecular flexibility index (Phi) is 2.16. The van der Waals surface area contributed by atoms with E-state index in [-0.39, 0.29) is 0 Å². The maximum absolute atomic E-state index is 2.43. The monoisotopic (exact) mass is 232 g/mol. The molecule has 0 radical (unpaired) electrons. The van der Waals surface area contributed by atoms with E-state index in [4.69, 9.17) is 0 Å². The number of benzene rings is 1. The van der Waals surface area contributed by atoms with Crippen molar-refractivity contribution in [3.8, 4) is 0 Å². The van der Waals surface area contributed by atoms with Crippen molar-refractivity contribution in [3.05, 3.63) is 63.6 Å². The first-order valence-corrected chi connectivity index (χ1v) is 6.81. The molecule has 0 saturated carbocycles. The van der Waals surface area contributed by atoms with E-state index in [1.165, 1.54) is 40.0 Å². The molecule has 0 heteroatoms. The Labute approximate surface area is 107 Å². The standard InChI is InChI=1S/C18H16/c1-3-7-15-13(5-1)9-11-18-16-8-4-2-6-14(16)10-12-17(15)18/h1,3-4,7-9,11-12H,2,5-6,10H2. The van der Waals surface area contributed by atoms with Crippen LogP contribution >= 0.6 is 0 Å². The second kappa shape index (κ2) is 3.84. The average molecular weight is 232 g/mol. The van der Waals surface area contributed by atoms with Gasteiger partial charge in [-0.1, -0.05) is 54.2 Å². The van der Waals surface area contributed by atoms with Gasteiger partial charge in [0.25, 0.3) is 0 Å². The molecule has 4 rings (SSSR count). The first-order valence-electron chi connectivity index (χ1n) is 6.81. The molecule has 0 unspecified atom stereocenters. The second-order valence-electron chi connectivity index (χ2n) is 5.27. The van der Waals surface area contributed by atoms with Gasteiger partial charge in [0, 0.05) is 0 Å². The highest BCUT2D eigenvalue weighted by Crippen LogP contribution is 2.30. The summed E-state index contributed by atoms with van der Waals surface area (Å²) >= 11 is 0. The smallest absolute Gasteiger partial charge is 0.00882 e. The SMILES string of the molecule is C1=CCc2ccc3c(c2=C1)=CCC1=C3C=CCC1. The third-order valence-corrected chi connectivity index (χ3v) is 4.24. The molecule has 0 aromatic heterocycles. The Morgan fingerprint density at radius 2 is 1.94 bits per heavy atom. The van der Waals surface area contributed by atoms with Gasteiger partial charge in [-0.2, -0.15) is 0 Å². The van der Waals surface area contributed by atoms with Crippen LogP contribution in [0, 0.1) is 0 Å². The third-order valence-electron chi connectivity index (χ3n) is 4.24. The van der Waals surface area contributed by atoms with Crippen LogP contribution in [0.4, 0.5) is 0 Å². The van der Waals surface area contributed by atoms with Crippen LogP contribution < -0.4 is 10.4 Å². The Balaban J connectivity index is 2.05. The summed E-state index contributed by atoms with van der Waals surface area (Å²) in [6.45, 7) is 0. The molecule has 88 valence electrons. The lowest BCUT2D eigenvalue weighted by atomic mass is 9.84. The fraction of sp³-hybridized carbons (Fsp3) is 0.222. The zero-order valence-electron chi connectivity index (χ0n) is 10.4. The summed E-state index contributed by atoms with van der Waals surface area (Å²) in [6.07, 6.45) is 18.4. The summed E-state index contributed by atoms with van der Waals surface area (Å²) in [4.78, 5) is 0. The largest absolute Gasteiger partial charge is 0.0836 e. The molecule has 0 nitrogen and oxygen atoms in total. The number of hydrogen-bond acceptors (Lipinski definition) is 0. The van der Waals surface area contributed by atoms with Crippen molar-refractivity contribution in [2.24, 2.45) is 0 Å². The van der Waals surface area contributed by atoms with Gasteiger partial charge in [-0.25, -0.2) is 0 Å². The molecule has 0 amide bonds. The molecule has 0 bridgehead atoms. The zero-order chi connectivity index (χ0) is 11.9. The minimum atomic E-state index is 1.08. The minimum absolute atomic E-state index is 1.08. The number of rotatable bonds is 0. The van der Waals surface area contributed by atoms with Gasteiger partial charge in [-0.15, -0.1) is 0 Å². The van der Waals surface area contributed by atoms with E-state index < -0.39 is 0 Å². The van der Waals surface area contributed by atoms with Crippen molar-refractivity contribution in [1.82, 2.24) is 0 Å². The highest BCUT2D eigenvalue weighted by Gasteiger charge is 2.15. The van der Waals surface area contributed by atoms with E-state index in [0.29, 0.717) is 0 Å². The molecule has 0 fully saturated rings. The first kappa shape index (κ1) is 10.1. The van der Waals surface area contributed by atoms with Crippen molar-refractivity contribution >= 4 is 17.7 Å². The summed E-state index contributed by atoms with van der Waals surface area (Å²) in [6, 6.07) is 4.63. The van der Waals surface area contributed by atoms with Crippen LogP contribution in [0.25, 0.3) is 17.7 Å². The number of hydrogen-bond donors (Lipinski definition) is 0. The molecule has 1 aromatic rings. The van der Waals surface area contributed by atoms with Crippen LogP contribution in [0.2, 0.25) is 0 Å². The lowest BCUT2D eigenvalue weighted by Crippen LogP contribution is -2.34. The molecule has 18 heavy (non-hydrogen) atoms. The molecule has 3 aliphatic carbocycles. The van der Waals surface area contributed by atoms with Crippen LogP contribution in [0.15, 0.2) is 42.0 Å². The zero-order valence-corrected chi connectivity index (χ0v) is 10.4. The summed E-state index contributed by atoms with van der Waals surface area (Å²) < 4.78 is 0. The molecule has 0 saturated heterocycles. The average Bonchev–Trinajstić information content (AvgIpc) is 2.46. The number of allylic oxidation sites excluding steroid dienone is 6. The summed E-state index contributed by atoms with van der Waals surface area (Å²) in [5, 5.41) is 2.91. The molecule has 0 N–H and O–H groups in total. The molecular formula is C18H16. The van der Waals surface area contributed by atoms with E-state index in [9.17, 15) is 0 Å². The van der Waals surface area contributed by atoms with Crippen LogP contribution in [0.1, 0.15) is 30.4 Å². The first-order chi connectivity index (χ1) is 8.93. The third kappa shape index (κ3) is 1.38. The maximum Gasteiger partial charge on any atom is -0.00882 e. The quantitative estimate of drug-likeness (QED) is 0.645. The van der Waals surface area contributed by atoms with E-state index >= 15 is 0 Å². The molecule has 0 spiro atoms. The Morgan fingerprint density at radius 1 is 0.944 bits per heavy atom. The normalized spacial score (nSPS) is 19.6. The summed E-state index contributed by atoms with van der Waals surface area (Å²) in [5.41, 5.74) is 6.02. The van der Waals surface area contributed by atoms with E-state index in [1.54, 1.807) is 5.57 Å². The number of fused-ring (bicyclic) bond motifs is 4. The predicted molar refractivity (Wildman–Crippen MR) is 77.4 cm³/mol. The van der Waals surface area contributed by atoms with Crippen molar-refractivity contribution < 1.29 is 0 Å². The predicted octanol–water partition coefficient (Wildman–Crippen LogP) is 2.87. The van der Waals surface area contributed by atoms with E-state index in [1.807, 2.05) is 0 Å². The topological polar surface area (TPSA) is 0 Å². The molecule has 0 atom stereocenters. The van der Waals surface area contributed by atoms with Gasteiger partial charge in [0.05, 0.1) is 0 Å². The van der Waals surface area contributed by atoms with Crippen LogP contribution in [-0.2, 0) is 6.42 Å². The molecule has 0 heterocycles. The molecule has 3 aliphatic rings. The van der Waals surface area contributed by atoms with Crippen LogP contribution in [-0.4, -0.2) is 0 Å². The fourth-order valence-corrected chi connectivity index (χ4v) is 3.30. The summed E-state index contributed by atoms with van der Waals surface area (Å²) in [5.74, 6) is 0. The van der Waals surface area contributed by atoms with Crippen molar-refractivity contribution in [2.75, 3.05) is 0 Å². The Bertz CT molecular complexity index is 724. The highest BCUT2D eigenvalue weighted by atomic mass is 14.2. The highest BCUT2D eigenvalue weighted by molar-refractivity contribution is 5.81. The van der Waals surface area contributed by atoms with Gasteiger partial charge in [0.2, 0.25) is 0 Å². The maximum atomic E-state index is 2.43. The lowest BCUT2D eigenvalue weighted by molar-refractivity contribution is 0.935. The van der Waals surface area contributed by atoms with Gasteiger partial charge in [-0.3, -0.25) is 0 Å². The minimum Gasteiger partial charge on any atom is -0.0836 e. The van der Waals surface area contributed by atoms with E-state index in [2.05, 4.69) is 48.6 Å².